The summed E-state index contributed by atoms with van der Waals surface area (Å²) in [6, 6.07) is 5.16. The first-order valence-corrected chi connectivity index (χ1v) is 9.24. The number of hydrogen-bond acceptors (Lipinski definition) is 4. The zero-order valence-electron chi connectivity index (χ0n) is 14.2. The molecule has 1 fully saturated rings. The second kappa shape index (κ2) is 8.33. The second-order valence-corrected chi connectivity index (χ2v) is 7.95. The van der Waals surface area contributed by atoms with E-state index in [2.05, 4.69) is 5.32 Å². The zero-order valence-corrected chi connectivity index (χ0v) is 15.8. The van der Waals surface area contributed by atoms with Crippen LogP contribution in [0, 0.1) is 6.92 Å². The number of benzene rings is 1. The molecule has 1 N–H and O–H groups in total. The highest BCUT2D eigenvalue weighted by Gasteiger charge is 2.34. The summed E-state index contributed by atoms with van der Waals surface area (Å²) in [6.07, 6.45) is 1.90. The lowest BCUT2D eigenvalue weighted by Gasteiger charge is -2.24. The van der Waals surface area contributed by atoms with E-state index < -0.39 is 10.0 Å². The van der Waals surface area contributed by atoms with E-state index in [1.165, 1.54) is 0 Å². The van der Waals surface area contributed by atoms with E-state index in [1.54, 1.807) is 22.5 Å². The number of hydrogen-bond donors (Lipinski definition) is 1. The lowest BCUT2D eigenvalue weighted by Crippen LogP contribution is -2.40. The van der Waals surface area contributed by atoms with Gasteiger partial charge in [-0.15, -0.1) is 12.4 Å². The predicted octanol–water partition coefficient (Wildman–Crippen LogP) is 2.58. The molecule has 1 aromatic carbocycles. The molecule has 1 unspecified atom stereocenters. The van der Waals surface area contributed by atoms with Crippen molar-refractivity contribution in [3.63, 3.8) is 0 Å². The van der Waals surface area contributed by atoms with Gasteiger partial charge < -0.3 is 10.1 Å². The van der Waals surface area contributed by atoms with Crippen molar-refractivity contribution in [3.8, 4) is 5.75 Å². The highest BCUT2D eigenvalue weighted by Crippen LogP contribution is 2.29. The van der Waals surface area contributed by atoms with Gasteiger partial charge in [-0.25, -0.2) is 8.42 Å². The lowest BCUT2D eigenvalue weighted by atomic mass is 10.2. The van der Waals surface area contributed by atoms with E-state index in [9.17, 15) is 8.42 Å². The predicted molar refractivity (Wildman–Crippen MR) is 95.0 cm³/mol. The zero-order chi connectivity index (χ0) is 16.3. The molecule has 132 valence electrons. The Bertz CT molecular complexity index is 620. The first kappa shape index (κ1) is 20.2. The number of nitrogens with one attached hydrogen (secondary N) is 1. The standard InChI is InChI=1S/C16H26N2O3S.ClH/c1-12(2)21-16-8-7-15(10-13(16)3)22(19,20)18-9-5-6-14(18)11-17-4;/h7-8,10,12,14,17H,5-6,9,11H2,1-4H3;1H. The molecule has 2 rings (SSSR count). The van der Waals surface area contributed by atoms with Crippen molar-refractivity contribution in [1.82, 2.24) is 9.62 Å². The van der Waals surface area contributed by atoms with Gasteiger partial charge in [0.05, 0.1) is 11.0 Å². The SMILES string of the molecule is CNCC1CCCN1S(=O)(=O)c1ccc(OC(C)C)c(C)c1.Cl. The molecule has 1 aliphatic rings. The van der Waals surface area contributed by atoms with Gasteiger partial charge in [0.2, 0.25) is 10.0 Å². The normalized spacial score (nSPS) is 18.9. The van der Waals surface area contributed by atoms with E-state index in [0.717, 1.165) is 24.2 Å². The van der Waals surface area contributed by atoms with E-state index in [4.69, 9.17) is 4.74 Å². The average Bonchev–Trinajstić information content (AvgIpc) is 2.90. The molecule has 1 saturated heterocycles. The van der Waals surface area contributed by atoms with Crippen LogP contribution < -0.4 is 10.1 Å². The highest BCUT2D eigenvalue weighted by molar-refractivity contribution is 7.89. The molecular formula is C16H27ClN2O3S. The van der Waals surface area contributed by atoms with Gasteiger partial charge in [-0.1, -0.05) is 0 Å². The van der Waals surface area contributed by atoms with Crippen LogP contribution in [0.4, 0.5) is 0 Å². The van der Waals surface area contributed by atoms with Crippen molar-refractivity contribution in [2.24, 2.45) is 0 Å². The smallest absolute Gasteiger partial charge is 0.243 e. The van der Waals surface area contributed by atoms with Gasteiger partial charge in [0.25, 0.3) is 0 Å². The Kier molecular flexibility index (Phi) is 7.32. The van der Waals surface area contributed by atoms with Gasteiger partial charge in [-0.05, 0) is 64.4 Å². The monoisotopic (exact) mass is 362 g/mol. The van der Waals surface area contributed by atoms with E-state index in [0.29, 0.717) is 18.0 Å². The number of ether oxygens (including phenoxy) is 1. The van der Waals surface area contributed by atoms with Crippen molar-refractivity contribution < 1.29 is 13.2 Å². The number of aryl methyl sites for hydroxylation is 1. The van der Waals surface area contributed by atoms with E-state index in [-0.39, 0.29) is 24.6 Å². The number of halogens is 1. The summed E-state index contributed by atoms with van der Waals surface area (Å²) >= 11 is 0. The Morgan fingerprint density at radius 1 is 1.39 bits per heavy atom. The van der Waals surface area contributed by atoms with Crippen LogP contribution in [0.25, 0.3) is 0 Å². The van der Waals surface area contributed by atoms with Gasteiger partial charge in [0, 0.05) is 19.1 Å². The van der Waals surface area contributed by atoms with Crippen molar-refractivity contribution in [2.75, 3.05) is 20.1 Å². The fourth-order valence-electron chi connectivity index (χ4n) is 2.87. The molecule has 0 amide bonds. The molecule has 1 heterocycles. The Labute approximate surface area is 145 Å². The molecule has 0 bridgehead atoms. The van der Waals surface area contributed by atoms with Gasteiger partial charge in [-0.3, -0.25) is 0 Å². The summed E-state index contributed by atoms with van der Waals surface area (Å²) in [5.41, 5.74) is 0.846. The minimum Gasteiger partial charge on any atom is -0.491 e. The third kappa shape index (κ3) is 4.59. The van der Waals surface area contributed by atoms with Crippen LogP contribution in [0.15, 0.2) is 23.1 Å². The second-order valence-electron chi connectivity index (χ2n) is 6.06. The molecule has 23 heavy (non-hydrogen) atoms. The maximum atomic E-state index is 12.9. The minimum absolute atomic E-state index is 0. The quantitative estimate of drug-likeness (QED) is 0.845. The summed E-state index contributed by atoms with van der Waals surface area (Å²) in [5.74, 6) is 0.738. The van der Waals surface area contributed by atoms with Crippen LogP contribution in [0.3, 0.4) is 0 Å². The summed E-state index contributed by atoms with van der Waals surface area (Å²) in [4.78, 5) is 0.351. The minimum atomic E-state index is -3.44. The largest absolute Gasteiger partial charge is 0.491 e. The van der Waals surface area contributed by atoms with Gasteiger partial charge >= 0.3 is 0 Å². The van der Waals surface area contributed by atoms with Gasteiger partial charge in [0.15, 0.2) is 0 Å². The van der Waals surface area contributed by atoms with Crippen LogP contribution in [0.2, 0.25) is 0 Å². The molecular weight excluding hydrogens is 336 g/mol. The molecule has 1 aliphatic heterocycles. The van der Waals surface area contributed by atoms with E-state index in [1.807, 2.05) is 27.8 Å². The van der Waals surface area contributed by atoms with Crippen molar-refractivity contribution >= 4 is 22.4 Å². The van der Waals surface area contributed by atoms with Crippen LogP contribution in [0.1, 0.15) is 32.3 Å². The topological polar surface area (TPSA) is 58.6 Å². The Morgan fingerprint density at radius 2 is 2.09 bits per heavy atom. The van der Waals surface area contributed by atoms with Crippen molar-refractivity contribution in [3.05, 3.63) is 23.8 Å². The molecule has 0 aliphatic carbocycles. The Hall–Kier alpha value is -0.820. The molecule has 7 heteroatoms. The number of rotatable bonds is 6. The van der Waals surface area contributed by atoms with E-state index >= 15 is 0 Å². The summed E-state index contributed by atoms with van der Waals surface area (Å²) in [7, 11) is -1.59. The molecule has 1 atom stereocenters. The third-order valence-electron chi connectivity index (χ3n) is 3.88. The van der Waals surface area contributed by atoms with Crippen LogP contribution in [-0.2, 0) is 10.0 Å². The summed E-state index contributed by atoms with van der Waals surface area (Å²) in [6.45, 7) is 7.07. The first-order valence-electron chi connectivity index (χ1n) is 7.80. The van der Waals surface area contributed by atoms with Crippen molar-refractivity contribution in [1.29, 1.82) is 0 Å². The lowest BCUT2D eigenvalue weighted by molar-refractivity contribution is 0.240. The maximum Gasteiger partial charge on any atom is 0.243 e. The third-order valence-corrected chi connectivity index (χ3v) is 5.83. The molecule has 0 saturated carbocycles. The van der Waals surface area contributed by atoms with Crippen LogP contribution in [0.5, 0.6) is 5.75 Å². The number of nitrogens with zero attached hydrogens (tertiary/aromatic N) is 1. The summed E-state index contributed by atoms with van der Waals surface area (Å²) < 4.78 is 33.0. The fraction of sp³-hybridized carbons (Fsp3) is 0.625. The molecule has 5 nitrogen and oxygen atoms in total. The van der Waals surface area contributed by atoms with Crippen LogP contribution in [-0.4, -0.2) is 45.0 Å². The number of sulfonamides is 1. The van der Waals surface area contributed by atoms with Gasteiger partial charge in [-0.2, -0.15) is 4.31 Å². The van der Waals surface area contributed by atoms with Gasteiger partial charge in [0.1, 0.15) is 5.75 Å². The Morgan fingerprint density at radius 3 is 2.65 bits per heavy atom. The fourth-order valence-corrected chi connectivity index (χ4v) is 4.65. The Balaban J connectivity index is 0.00000264. The summed E-state index contributed by atoms with van der Waals surface area (Å²) in [5, 5.41) is 3.08. The maximum absolute atomic E-state index is 12.9. The van der Waals surface area contributed by atoms with Crippen LogP contribution >= 0.6 is 12.4 Å². The molecule has 0 aromatic heterocycles. The van der Waals surface area contributed by atoms with Crippen molar-refractivity contribution in [2.45, 2.75) is 50.7 Å². The molecule has 0 spiro atoms. The average molecular weight is 363 g/mol. The molecule has 1 aromatic rings. The molecule has 0 radical (unpaired) electrons. The number of likely N-dealkylation sites (N-methyl/N-ethyl adjacent to an activating group) is 1. The first-order chi connectivity index (χ1) is 10.4. The highest BCUT2D eigenvalue weighted by atomic mass is 35.5.